The highest BCUT2D eigenvalue weighted by atomic mass is 16.5. The molecule has 5 nitrogen and oxygen atoms in total. The fourth-order valence-electron chi connectivity index (χ4n) is 2.25. The molecule has 0 aliphatic heterocycles. The Labute approximate surface area is 135 Å². The second-order valence-corrected chi connectivity index (χ2v) is 5.12. The van der Waals surface area contributed by atoms with Gasteiger partial charge in [0.05, 0.1) is 25.9 Å². The van der Waals surface area contributed by atoms with Crippen molar-refractivity contribution < 1.29 is 19.4 Å². The highest BCUT2D eigenvalue weighted by Gasteiger charge is 2.14. The summed E-state index contributed by atoms with van der Waals surface area (Å²) in [6.07, 6.45) is -0.161. The summed E-state index contributed by atoms with van der Waals surface area (Å²) in [7, 11) is 3.05. The second kappa shape index (κ2) is 8.19. The molecule has 2 aromatic carbocycles. The molecule has 0 aliphatic carbocycles. The van der Waals surface area contributed by atoms with Crippen LogP contribution in [0.5, 0.6) is 11.5 Å². The van der Waals surface area contributed by atoms with Gasteiger partial charge in [0.25, 0.3) is 5.91 Å². The van der Waals surface area contributed by atoms with E-state index in [1.807, 2.05) is 30.3 Å². The van der Waals surface area contributed by atoms with Crippen LogP contribution in [-0.4, -0.2) is 37.9 Å². The first-order chi connectivity index (χ1) is 11.1. The molecule has 0 aromatic heterocycles. The molecule has 23 heavy (non-hydrogen) atoms. The molecule has 122 valence electrons. The maximum absolute atomic E-state index is 12.2. The Morgan fingerprint density at radius 3 is 2.52 bits per heavy atom. The zero-order valence-corrected chi connectivity index (χ0v) is 13.3. The summed E-state index contributed by atoms with van der Waals surface area (Å²) in [6, 6.07) is 14.6. The molecule has 0 radical (unpaired) electrons. The van der Waals surface area contributed by atoms with Crippen molar-refractivity contribution in [2.24, 2.45) is 0 Å². The monoisotopic (exact) mass is 315 g/mol. The van der Waals surface area contributed by atoms with E-state index < -0.39 is 6.10 Å². The molecule has 0 spiro atoms. The van der Waals surface area contributed by atoms with Gasteiger partial charge in [0, 0.05) is 19.0 Å². The molecule has 1 amide bonds. The van der Waals surface area contributed by atoms with Crippen LogP contribution < -0.4 is 14.8 Å². The Bertz CT molecular complexity index is 643. The van der Waals surface area contributed by atoms with E-state index in [1.54, 1.807) is 25.3 Å². The molecule has 0 fully saturated rings. The van der Waals surface area contributed by atoms with Gasteiger partial charge in [0.2, 0.25) is 0 Å². The fraction of sp³-hybridized carbons (Fsp3) is 0.278. The van der Waals surface area contributed by atoms with E-state index in [-0.39, 0.29) is 12.5 Å². The maximum Gasteiger partial charge on any atom is 0.255 e. The van der Waals surface area contributed by atoms with Crippen LogP contribution in [0.25, 0.3) is 0 Å². The minimum Gasteiger partial charge on any atom is -0.497 e. The Morgan fingerprint density at radius 1 is 1.13 bits per heavy atom. The van der Waals surface area contributed by atoms with Crippen molar-refractivity contribution in [2.75, 3.05) is 20.8 Å². The smallest absolute Gasteiger partial charge is 0.255 e. The second-order valence-electron chi connectivity index (χ2n) is 5.12. The number of aliphatic hydroxyl groups excluding tert-OH is 1. The molecule has 0 bridgehead atoms. The fourth-order valence-corrected chi connectivity index (χ4v) is 2.25. The van der Waals surface area contributed by atoms with Gasteiger partial charge in [-0.15, -0.1) is 0 Å². The zero-order valence-electron chi connectivity index (χ0n) is 13.3. The summed E-state index contributed by atoms with van der Waals surface area (Å²) in [5, 5.41) is 12.8. The van der Waals surface area contributed by atoms with Gasteiger partial charge in [-0.3, -0.25) is 4.79 Å². The van der Waals surface area contributed by atoms with Crippen LogP contribution in [0.15, 0.2) is 48.5 Å². The van der Waals surface area contributed by atoms with Crippen molar-refractivity contribution in [3.63, 3.8) is 0 Å². The highest BCUT2D eigenvalue weighted by Crippen LogP contribution is 2.24. The summed E-state index contributed by atoms with van der Waals surface area (Å²) in [5.41, 5.74) is 1.43. The largest absolute Gasteiger partial charge is 0.497 e. The summed E-state index contributed by atoms with van der Waals surface area (Å²) in [5.74, 6) is 0.749. The van der Waals surface area contributed by atoms with Crippen molar-refractivity contribution in [2.45, 2.75) is 12.5 Å². The van der Waals surface area contributed by atoms with E-state index in [0.717, 1.165) is 5.56 Å². The van der Waals surface area contributed by atoms with Crippen LogP contribution in [0.2, 0.25) is 0 Å². The molecule has 0 heterocycles. The van der Waals surface area contributed by atoms with Gasteiger partial charge < -0.3 is 19.9 Å². The van der Waals surface area contributed by atoms with Crippen LogP contribution in [-0.2, 0) is 6.42 Å². The summed E-state index contributed by atoms with van der Waals surface area (Å²) in [4.78, 5) is 12.2. The predicted molar refractivity (Wildman–Crippen MR) is 88.0 cm³/mol. The maximum atomic E-state index is 12.2. The Morgan fingerprint density at radius 2 is 1.87 bits per heavy atom. The van der Waals surface area contributed by atoms with E-state index in [0.29, 0.717) is 23.5 Å². The molecular weight excluding hydrogens is 294 g/mol. The van der Waals surface area contributed by atoms with E-state index in [1.165, 1.54) is 7.11 Å². The molecule has 5 heteroatoms. The number of hydrogen-bond acceptors (Lipinski definition) is 4. The van der Waals surface area contributed by atoms with E-state index in [2.05, 4.69) is 5.32 Å². The topological polar surface area (TPSA) is 67.8 Å². The number of nitrogens with one attached hydrogen (secondary N) is 1. The highest BCUT2D eigenvalue weighted by molar-refractivity contribution is 5.97. The molecular formula is C18H21NO4. The van der Waals surface area contributed by atoms with E-state index in [4.69, 9.17) is 9.47 Å². The summed E-state index contributed by atoms with van der Waals surface area (Å²) < 4.78 is 10.3. The van der Waals surface area contributed by atoms with Gasteiger partial charge in [-0.2, -0.15) is 0 Å². The lowest BCUT2D eigenvalue weighted by Gasteiger charge is -2.14. The first-order valence-corrected chi connectivity index (χ1v) is 7.36. The standard InChI is InChI=1S/C18H21NO4/c1-22-15-8-9-16(17(11-15)23-2)18(21)19-12-14(20)10-13-6-4-3-5-7-13/h3-9,11,14,20H,10,12H2,1-2H3,(H,19,21). The number of hydrogen-bond donors (Lipinski definition) is 2. The van der Waals surface area contributed by atoms with Crippen molar-refractivity contribution >= 4 is 5.91 Å². The number of carbonyl (C=O) groups excluding carboxylic acids is 1. The Hall–Kier alpha value is -2.53. The Balaban J connectivity index is 1.94. The average Bonchev–Trinajstić information content (AvgIpc) is 2.60. The number of ether oxygens (including phenoxy) is 2. The molecule has 2 N–H and O–H groups in total. The van der Waals surface area contributed by atoms with Crippen molar-refractivity contribution in [1.82, 2.24) is 5.32 Å². The summed E-state index contributed by atoms with van der Waals surface area (Å²) in [6.45, 7) is 0.170. The van der Waals surface area contributed by atoms with Crippen LogP contribution in [0.3, 0.4) is 0 Å². The third-order valence-corrected chi connectivity index (χ3v) is 3.47. The SMILES string of the molecule is COc1ccc(C(=O)NCC(O)Cc2ccccc2)c(OC)c1. The lowest BCUT2D eigenvalue weighted by atomic mass is 10.1. The average molecular weight is 315 g/mol. The number of rotatable bonds is 7. The predicted octanol–water partition coefficient (Wildman–Crippen LogP) is 2.04. The van der Waals surface area contributed by atoms with E-state index >= 15 is 0 Å². The van der Waals surface area contributed by atoms with Crippen LogP contribution in [0.4, 0.5) is 0 Å². The number of carbonyl (C=O) groups is 1. The van der Waals surface area contributed by atoms with Crippen LogP contribution in [0.1, 0.15) is 15.9 Å². The van der Waals surface area contributed by atoms with Gasteiger partial charge in [-0.25, -0.2) is 0 Å². The van der Waals surface area contributed by atoms with Gasteiger partial charge in [0.15, 0.2) is 0 Å². The molecule has 1 unspecified atom stereocenters. The lowest BCUT2D eigenvalue weighted by Crippen LogP contribution is -2.33. The third-order valence-electron chi connectivity index (χ3n) is 3.47. The van der Waals surface area contributed by atoms with Gasteiger partial charge in [-0.05, 0) is 17.7 Å². The molecule has 1 atom stereocenters. The molecule has 0 saturated heterocycles. The molecule has 0 aliphatic rings. The minimum atomic E-state index is -0.648. The zero-order chi connectivity index (χ0) is 16.7. The van der Waals surface area contributed by atoms with Gasteiger partial charge in [-0.1, -0.05) is 30.3 Å². The van der Waals surface area contributed by atoms with Crippen molar-refractivity contribution in [3.8, 4) is 11.5 Å². The lowest BCUT2D eigenvalue weighted by molar-refractivity contribution is 0.0913. The molecule has 2 aromatic rings. The quantitative estimate of drug-likeness (QED) is 0.820. The third kappa shape index (κ3) is 4.72. The number of amides is 1. The minimum absolute atomic E-state index is 0.170. The normalized spacial score (nSPS) is 11.6. The first-order valence-electron chi connectivity index (χ1n) is 7.36. The Kier molecular flexibility index (Phi) is 6.00. The van der Waals surface area contributed by atoms with Crippen molar-refractivity contribution in [3.05, 3.63) is 59.7 Å². The van der Waals surface area contributed by atoms with Gasteiger partial charge in [0.1, 0.15) is 11.5 Å². The number of aliphatic hydroxyl groups is 1. The van der Waals surface area contributed by atoms with E-state index in [9.17, 15) is 9.90 Å². The number of methoxy groups -OCH3 is 2. The molecule has 2 rings (SSSR count). The molecule has 0 saturated carbocycles. The summed E-state index contributed by atoms with van der Waals surface area (Å²) >= 11 is 0. The number of benzene rings is 2. The van der Waals surface area contributed by atoms with Crippen LogP contribution >= 0.6 is 0 Å². The van der Waals surface area contributed by atoms with Crippen LogP contribution in [0, 0.1) is 0 Å². The first kappa shape index (κ1) is 16.8. The van der Waals surface area contributed by atoms with Crippen molar-refractivity contribution in [1.29, 1.82) is 0 Å². The van der Waals surface area contributed by atoms with Gasteiger partial charge >= 0.3 is 0 Å².